The molecule has 0 fully saturated rings. The molecule has 1 aromatic heterocycles. The van der Waals surface area contributed by atoms with Gasteiger partial charge in [-0.2, -0.15) is 0 Å². The maximum atomic E-state index is 8.83. The average Bonchev–Trinajstić information content (AvgIpc) is 2.51. The minimum Gasteiger partial charge on any atom is -0.453 e. The van der Waals surface area contributed by atoms with Gasteiger partial charge in [-0.3, -0.25) is 0 Å². The van der Waals surface area contributed by atoms with Crippen LogP contribution in [0.5, 0.6) is 0 Å². The summed E-state index contributed by atoms with van der Waals surface area (Å²) in [6.07, 6.45) is 0. The van der Waals surface area contributed by atoms with E-state index in [2.05, 4.69) is 21.2 Å². The van der Waals surface area contributed by atoms with E-state index < -0.39 is 0 Å². The van der Waals surface area contributed by atoms with E-state index in [-0.39, 0.29) is 18.7 Å². The lowest BCUT2D eigenvalue weighted by Gasteiger charge is -2.15. The Morgan fingerprint density at radius 2 is 2.23 bits per heavy atom. The molecule has 0 saturated carbocycles. The number of furan rings is 1. The molecule has 3 nitrogen and oxygen atoms in total. The average molecular weight is 248 g/mol. The number of rotatable bonds is 4. The van der Waals surface area contributed by atoms with Gasteiger partial charge in [0.1, 0.15) is 5.76 Å². The molecule has 0 saturated heterocycles. The van der Waals surface area contributed by atoms with Gasteiger partial charge in [-0.25, -0.2) is 0 Å². The van der Waals surface area contributed by atoms with E-state index in [0.717, 1.165) is 10.4 Å². The van der Waals surface area contributed by atoms with Crippen LogP contribution in [0.4, 0.5) is 0 Å². The molecule has 0 aromatic carbocycles. The predicted octanol–water partition coefficient (Wildman–Crippen LogP) is 2.07. The molecule has 2 atom stereocenters. The van der Waals surface area contributed by atoms with Crippen molar-refractivity contribution in [3.63, 3.8) is 0 Å². The Balaban J connectivity index is 2.53. The summed E-state index contributed by atoms with van der Waals surface area (Å²) in [7, 11) is 0. The van der Waals surface area contributed by atoms with Gasteiger partial charge in [0.15, 0.2) is 4.67 Å². The summed E-state index contributed by atoms with van der Waals surface area (Å²) >= 11 is 3.24. The van der Waals surface area contributed by atoms with Crippen molar-refractivity contribution in [2.45, 2.75) is 25.9 Å². The van der Waals surface area contributed by atoms with Crippen LogP contribution in [0.2, 0.25) is 0 Å². The van der Waals surface area contributed by atoms with Gasteiger partial charge in [-0.05, 0) is 41.9 Å². The first kappa shape index (κ1) is 10.8. The lowest BCUT2D eigenvalue weighted by Crippen LogP contribution is -2.31. The van der Waals surface area contributed by atoms with Gasteiger partial charge in [0.05, 0.1) is 12.6 Å². The molecule has 2 N–H and O–H groups in total. The Labute approximate surface area is 86.3 Å². The third-order valence-corrected chi connectivity index (χ3v) is 2.26. The van der Waals surface area contributed by atoms with Crippen molar-refractivity contribution in [2.75, 3.05) is 6.61 Å². The van der Waals surface area contributed by atoms with Crippen LogP contribution in [0, 0.1) is 0 Å². The molecule has 0 aliphatic rings. The largest absolute Gasteiger partial charge is 0.453 e. The molecule has 1 rings (SSSR count). The number of nitrogens with one attached hydrogen (secondary N) is 1. The van der Waals surface area contributed by atoms with Gasteiger partial charge in [-0.15, -0.1) is 0 Å². The van der Waals surface area contributed by atoms with Crippen molar-refractivity contribution in [1.82, 2.24) is 5.32 Å². The molecule has 0 amide bonds. The van der Waals surface area contributed by atoms with E-state index in [4.69, 9.17) is 9.52 Å². The zero-order valence-electron chi connectivity index (χ0n) is 7.75. The summed E-state index contributed by atoms with van der Waals surface area (Å²) < 4.78 is 6.09. The second-order valence-corrected chi connectivity index (χ2v) is 3.90. The van der Waals surface area contributed by atoms with Gasteiger partial charge < -0.3 is 14.8 Å². The quantitative estimate of drug-likeness (QED) is 0.857. The maximum Gasteiger partial charge on any atom is 0.169 e. The first-order valence-electron chi connectivity index (χ1n) is 4.25. The Kier molecular flexibility index (Phi) is 3.96. The molecule has 0 spiro atoms. The third kappa shape index (κ3) is 3.14. The Hall–Kier alpha value is -0.320. The fourth-order valence-electron chi connectivity index (χ4n) is 1.12. The van der Waals surface area contributed by atoms with E-state index in [9.17, 15) is 0 Å². The molecular weight excluding hydrogens is 234 g/mol. The highest BCUT2D eigenvalue weighted by Gasteiger charge is 2.11. The number of aliphatic hydroxyl groups excluding tert-OH is 1. The number of hydrogen-bond donors (Lipinski definition) is 2. The number of halogens is 1. The molecule has 2 unspecified atom stereocenters. The van der Waals surface area contributed by atoms with Crippen LogP contribution >= 0.6 is 15.9 Å². The van der Waals surface area contributed by atoms with Crippen molar-refractivity contribution in [3.8, 4) is 0 Å². The van der Waals surface area contributed by atoms with Crippen LogP contribution in [-0.2, 0) is 0 Å². The van der Waals surface area contributed by atoms with Gasteiger partial charge in [0, 0.05) is 6.04 Å². The van der Waals surface area contributed by atoms with Crippen LogP contribution in [-0.4, -0.2) is 17.8 Å². The minimum absolute atomic E-state index is 0.0823. The number of hydrogen-bond acceptors (Lipinski definition) is 3. The fraction of sp³-hybridized carbons (Fsp3) is 0.556. The standard InChI is InChI=1S/C9H14BrNO2/c1-6(5-12)11-7(2)8-3-4-9(10)13-8/h3-4,6-7,11-12H,5H2,1-2H3. The third-order valence-electron chi connectivity index (χ3n) is 1.83. The van der Waals surface area contributed by atoms with Gasteiger partial charge in [0.25, 0.3) is 0 Å². The first-order chi connectivity index (χ1) is 6.13. The molecule has 4 heteroatoms. The van der Waals surface area contributed by atoms with E-state index >= 15 is 0 Å². The summed E-state index contributed by atoms with van der Waals surface area (Å²) in [5, 5.41) is 12.0. The SMILES string of the molecule is CC(CO)NC(C)c1ccc(Br)o1. The predicted molar refractivity (Wildman–Crippen MR) is 54.5 cm³/mol. The lowest BCUT2D eigenvalue weighted by atomic mass is 10.2. The topological polar surface area (TPSA) is 45.4 Å². The lowest BCUT2D eigenvalue weighted by molar-refractivity contribution is 0.238. The molecule has 0 bridgehead atoms. The van der Waals surface area contributed by atoms with E-state index in [1.807, 2.05) is 26.0 Å². The monoisotopic (exact) mass is 247 g/mol. The van der Waals surface area contributed by atoms with Gasteiger partial charge in [-0.1, -0.05) is 0 Å². The highest BCUT2D eigenvalue weighted by molar-refractivity contribution is 9.10. The normalized spacial score (nSPS) is 15.7. The zero-order valence-corrected chi connectivity index (χ0v) is 9.34. The zero-order chi connectivity index (χ0) is 9.84. The Morgan fingerprint density at radius 3 is 2.69 bits per heavy atom. The second kappa shape index (κ2) is 4.79. The highest BCUT2D eigenvalue weighted by atomic mass is 79.9. The molecule has 1 aromatic rings. The highest BCUT2D eigenvalue weighted by Crippen LogP contribution is 2.20. The Bertz CT molecular complexity index is 262. The van der Waals surface area contributed by atoms with Crippen LogP contribution < -0.4 is 5.32 Å². The van der Waals surface area contributed by atoms with Crippen molar-refractivity contribution < 1.29 is 9.52 Å². The second-order valence-electron chi connectivity index (χ2n) is 3.11. The van der Waals surface area contributed by atoms with Crippen molar-refractivity contribution in [1.29, 1.82) is 0 Å². The van der Waals surface area contributed by atoms with Crippen molar-refractivity contribution >= 4 is 15.9 Å². The van der Waals surface area contributed by atoms with E-state index in [1.54, 1.807) is 0 Å². The van der Waals surface area contributed by atoms with Crippen LogP contribution in [0.1, 0.15) is 25.6 Å². The minimum atomic E-state index is 0.0823. The molecule has 1 heterocycles. The molecule has 0 aliphatic heterocycles. The summed E-state index contributed by atoms with van der Waals surface area (Å²) in [5.41, 5.74) is 0. The summed E-state index contributed by atoms with van der Waals surface area (Å²) in [6, 6.07) is 3.97. The smallest absolute Gasteiger partial charge is 0.169 e. The van der Waals surface area contributed by atoms with E-state index in [1.165, 1.54) is 0 Å². The van der Waals surface area contributed by atoms with E-state index in [0.29, 0.717) is 0 Å². The Morgan fingerprint density at radius 1 is 1.54 bits per heavy atom. The van der Waals surface area contributed by atoms with Crippen LogP contribution in [0.3, 0.4) is 0 Å². The summed E-state index contributed by atoms with van der Waals surface area (Å²) in [6.45, 7) is 4.05. The molecule has 0 radical (unpaired) electrons. The van der Waals surface area contributed by atoms with Crippen LogP contribution in [0.25, 0.3) is 0 Å². The van der Waals surface area contributed by atoms with Gasteiger partial charge >= 0.3 is 0 Å². The molecule has 0 aliphatic carbocycles. The summed E-state index contributed by atoms with van der Waals surface area (Å²) in [4.78, 5) is 0. The van der Waals surface area contributed by atoms with Crippen LogP contribution in [0.15, 0.2) is 21.2 Å². The number of aliphatic hydroxyl groups is 1. The fourth-order valence-corrected chi connectivity index (χ4v) is 1.44. The molecule has 13 heavy (non-hydrogen) atoms. The molecule has 74 valence electrons. The molecular formula is C9H14BrNO2. The van der Waals surface area contributed by atoms with Gasteiger partial charge in [0.2, 0.25) is 0 Å². The summed E-state index contributed by atoms with van der Waals surface area (Å²) in [5.74, 6) is 0.868. The van der Waals surface area contributed by atoms with Crippen molar-refractivity contribution in [2.24, 2.45) is 0 Å². The first-order valence-corrected chi connectivity index (χ1v) is 5.05. The van der Waals surface area contributed by atoms with Crippen molar-refractivity contribution in [3.05, 3.63) is 22.6 Å². The maximum absolute atomic E-state index is 8.83.